The number of nitrogens with one attached hydrogen (secondary N) is 1. The van der Waals surface area contributed by atoms with E-state index < -0.39 is 23.1 Å². The van der Waals surface area contributed by atoms with E-state index >= 15 is 0 Å². The molecule has 1 N–H and O–H groups in total. The molecule has 0 aliphatic heterocycles. The molecule has 94 valence electrons. The van der Waals surface area contributed by atoms with Gasteiger partial charge in [-0.25, -0.2) is 8.78 Å². The van der Waals surface area contributed by atoms with Gasteiger partial charge in [-0.05, 0) is 35.8 Å². The summed E-state index contributed by atoms with van der Waals surface area (Å²) < 4.78 is 31.4. The van der Waals surface area contributed by atoms with Gasteiger partial charge in [0.25, 0.3) is 5.91 Å². The van der Waals surface area contributed by atoms with Gasteiger partial charge in [0.05, 0.1) is 5.69 Å². The van der Waals surface area contributed by atoms with Crippen LogP contribution in [0.15, 0.2) is 16.6 Å². The highest BCUT2D eigenvalue weighted by Gasteiger charge is 2.28. The second-order valence-corrected chi connectivity index (χ2v) is 4.77. The predicted octanol–water partition coefficient (Wildman–Crippen LogP) is 3.09. The molecule has 0 unspecified atom stereocenters. The van der Waals surface area contributed by atoms with Gasteiger partial charge in [-0.1, -0.05) is 0 Å². The summed E-state index contributed by atoms with van der Waals surface area (Å²) in [7, 11) is 1.37. The first-order valence-electron chi connectivity index (χ1n) is 4.79. The van der Waals surface area contributed by atoms with Gasteiger partial charge in [0, 0.05) is 17.6 Å². The zero-order valence-corrected chi connectivity index (χ0v) is 11.2. The zero-order chi connectivity index (χ0) is 13.2. The van der Waals surface area contributed by atoms with Gasteiger partial charge in [-0.3, -0.25) is 4.79 Å². The van der Waals surface area contributed by atoms with Crippen molar-refractivity contribution in [3.63, 3.8) is 0 Å². The van der Waals surface area contributed by atoms with Crippen molar-refractivity contribution in [1.29, 1.82) is 0 Å². The number of carbonyl (C=O) groups excluding carboxylic acids is 1. The molecule has 0 aromatic heterocycles. The van der Waals surface area contributed by atoms with E-state index in [1.54, 1.807) is 0 Å². The molecule has 1 aromatic carbocycles. The average molecular weight is 308 g/mol. The molecule has 0 saturated heterocycles. The molecular formula is C11H12BrF2NO2. The number of carbonyl (C=O) groups is 1. The number of rotatable bonds is 3. The van der Waals surface area contributed by atoms with E-state index in [0.29, 0.717) is 6.07 Å². The fraction of sp³-hybridized carbons (Fsp3) is 0.364. The summed E-state index contributed by atoms with van der Waals surface area (Å²) in [6.07, 6.45) is 0. The van der Waals surface area contributed by atoms with Gasteiger partial charge >= 0.3 is 0 Å². The number of hydrogen-bond donors (Lipinski definition) is 1. The Bertz CT molecular complexity index is 426. The van der Waals surface area contributed by atoms with Gasteiger partial charge < -0.3 is 10.1 Å². The molecule has 0 spiro atoms. The number of ether oxygens (including phenoxy) is 1. The van der Waals surface area contributed by atoms with Crippen molar-refractivity contribution >= 4 is 27.5 Å². The van der Waals surface area contributed by atoms with E-state index in [1.165, 1.54) is 21.0 Å². The summed E-state index contributed by atoms with van der Waals surface area (Å²) in [4.78, 5) is 11.7. The summed E-state index contributed by atoms with van der Waals surface area (Å²) in [6.45, 7) is 3.08. The second-order valence-electron chi connectivity index (χ2n) is 3.91. The van der Waals surface area contributed by atoms with Crippen molar-refractivity contribution in [1.82, 2.24) is 0 Å². The van der Waals surface area contributed by atoms with Crippen molar-refractivity contribution in [2.75, 3.05) is 12.4 Å². The van der Waals surface area contributed by atoms with Gasteiger partial charge in [0.2, 0.25) is 0 Å². The van der Waals surface area contributed by atoms with E-state index in [2.05, 4.69) is 21.2 Å². The minimum Gasteiger partial charge on any atom is -0.369 e. The first-order chi connectivity index (χ1) is 7.77. The van der Waals surface area contributed by atoms with E-state index in [1.807, 2.05) is 0 Å². The Balaban J connectivity index is 3.01. The van der Waals surface area contributed by atoms with E-state index in [0.717, 1.165) is 6.07 Å². The zero-order valence-electron chi connectivity index (χ0n) is 9.61. The molecule has 0 atom stereocenters. The Morgan fingerprint density at radius 1 is 1.41 bits per heavy atom. The van der Waals surface area contributed by atoms with Gasteiger partial charge in [0.15, 0.2) is 5.82 Å². The fourth-order valence-corrected chi connectivity index (χ4v) is 1.53. The molecule has 6 heteroatoms. The fourth-order valence-electron chi connectivity index (χ4n) is 1.02. The number of halogens is 3. The lowest BCUT2D eigenvalue weighted by molar-refractivity contribution is -0.133. The van der Waals surface area contributed by atoms with Gasteiger partial charge in [-0.15, -0.1) is 0 Å². The molecule has 0 aliphatic carbocycles. The lowest BCUT2D eigenvalue weighted by Crippen LogP contribution is -2.39. The summed E-state index contributed by atoms with van der Waals surface area (Å²) in [5.74, 6) is -2.10. The predicted molar refractivity (Wildman–Crippen MR) is 63.8 cm³/mol. The topological polar surface area (TPSA) is 38.3 Å². The highest BCUT2D eigenvalue weighted by atomic mass is 79.9. The maximum atomic E-state index is 13.4. The smallest absolute Gasteiger partial charge is 0.256 e. The number of benzene rings is 1. The van der Waals surface area contributed by atoms with E-state index in [-0.39, 0.29) is 10.2 Å². The molecule has 0 bridgehead atoms. The van der Waals surface area contributed by atoms with Crippen LogP contribution in [0.3, 0.4) is 0 Å². The molecule has 3 nitrogen and oxygen atoms in total. The Morgan fingerprint density at radius 3 is 2.47 bits per heavy atom. The first kappa shape index (κ1) is 14.1. The Labute approximate surface area is 106 Å². The molecule has 1 amide bonds. The average Bonchev–Trinajstić information content (AvgIpc) is 2.22. The molecule has 0 saturated carbocycles. The van der Waals surface area contributed by atoms with Crippen LogP contribution in [-0.4, -0.2) is 18.6 Å². The van der Waals surface area contributed by atoms with Crippen molar-refractivity contribution in [2.45, 2.75) is 19.4 Å². The van der Waals surface area contributed by atoms with Crippen LogP contribution in [-0.2, 0) is 9.53 Å². The van der Waals surface area contributed by atoms with Crippen LogP contribution in [0.4, 0.5) is 14.5 Å². The van der Waals surface area contributed by atoms with Crippen LogP contribution in [0.25, 0.3) is 0 Å². The number of anilines is 1. The number of hydrogen-bond acceptors (Lipinski definition) is 2. The third-order valence-corrected chi connectivity index (χ3v) is 2.93. The van der Waals surface area contributed by atoms with E-state index in [4.69, 9.17) is 4.74 Å². The van der Waals surface area contributed by atoms with Crippen molar-refractivity contribution in [3.05, 3.63) is 28.2 Å². The lowest BCUT2D eigenvalue weighted by Gasteiger charge is -2.22. The van der Waals surface area contributed by atoms with Crippen molar-refractivity contribution < 1.29 is 18.3 Å². The monoisotopic (exact) mass is 307 g/mol. The molecule has 0 heterocycles. The largest absolute Gasteiger partial charge is 0.369 e. The number of methoxy groups -OCH3 is 1. The molecule has 1 rings (SSSR count). The van der Waals surface area contributed by atoms with Crippen LogP contribution in [0.5, 0.6) is 0 Å². The molecule has 0 radical (unpaired) electrons. The van der Waals surface area contributed by atoms with Gasteiger partial charge in [-0.2, -0.15) is 0 Å². The molecule has 17 heavy (non-hydrogen) atoms. The standard InChI is InChI=1S/C11H12BrF2NO2/c1-11(2,17-3)10(16)15-9-7(12)4-6(13)5-8(9)14/h4-5H,1-3H3,(H,15,16). The molecule has 1 aromatic rings. The maximum Gasteiger partial charge on any atom is 0.256 e. The minimum absolute atomic E-state index is 0.110. The highest BCUT2D eigenvalue weighted by molar-refractivity contribution is 9.10. The minimum atomic E-state index is -1.10. The first-order valence-corrected chi connectivity index (χ1v) is 5.58. The normalized spacial score (nSPS) is 11.4. The van der Waals surface area contributed by atoms with Crippen LogP contribution >= 0.6 is 15.9 Å². The van der Waals surface area contributed by atoms with Crippen molar-refractivity contribution in [3.8, 4) is 0 Å². The van der Waals surface area contributed by atoms with Crippen LogP contribution in [0.2, 0.25) is 0 Å². The second kappa shape index (κ2) is 5.10. The SMILES string of the molecule is COC(C)(C)C(=O)Nc1c(F)cc(F)cc1Br. The van der Waals surface area contributed by atoms with Gasteiger partial charge in [0.1, 0.15) is 11.4 Å². The molecular weight excluding hydrogens is 296 g/mol. The van der Waals surface area contributed by atoms with Crippen LogP contribution in [0.1, 0.15) is 13.8 Å². The maximum absolute atomic E-state index is 13.4. The van der Waals surface area contributed by atoms with E-state index in [9.17, 15) is 13.6 Å². The Morgan fingerprint density at radius 2 is 2.00 bits per heavy atom. The third-order valence-electron chi connectivity index (χ3n) is 2.30. The summed E-state index contributed by atoms with van der Waals surface area (Å²) in [5, 5.41) is 2.34. The summed E-state index contributed by atoms with van der Waals surface area (Å²) in [5.41, 5.74) is -1.21. The lowest BCUT2D eigenvalue weighted by atomic mass is 10.1. The van der Waals surface area contributed by atoms with Crippen molar-refractivity contribution in [2.24, 2.45) is 0 Å². The Kier molecular flexibility index (Phi) is 4.21. The molecule has 0 aliphatic rings. The number of amides is 1. The quantitative estimate of drug-likeness (QED) is 0.932. The van der Waals surface area contributed by atoms with Crippen LogP contribution in [0, 0.1) is 11.6 Å². The molecule has 0 fully saturated rings. The Hall–Kier alpha value is -1.01. The summed E-state index contributed by atoms with van der Waals surface area (Å²) in [6, 6.07) is 1.76. The summed E-state index contributed by atoms with van der Waals surface area (Å²) >= 11 is 2.98. The highest BCUT2D eigenvalue weighted by Crippen LogP contribution is 2.27. The van der Waals surface area contributed by atoms with Crippen LogP contribution < -0.4 is 5.32 Å². The third kappa shape index (κ3) is 3.23.